The number of nitrogens with one attached hydrogen (secondary N) is 1. The quantitative estimate of drug-likeness (QED) is 0.613. The molecule has 2 amide bonds. The van der Waals surface area contributed by atoms with Gasteiger partial charge in [0.1, 0.15) is 0 Å². The number of carbonyl (C=O) groups is 2. The molecule has 30 heavy (non-hydrogen) atoms. The second kappa shape index (κ2) is 11.5. The summed E-state index contributed by atoms with van der Waals surface area (Å²) in [6, 6.07) is 16.7. The van der Waals surface area contributed by atoms with Crippen LogP contribution in [0.15, 0.2) is 48.5 Å². The molecule has 1 aliphatic heterocycles. The lowest BCUT2D eigenvalue weighted by Gasteiger charge is -2.27. The van der Waals surface area contributed by atoms with Gasteiger partial charge in [0, 0.05) is 32.7 Å². The van der Waals surface area contributed by atoms with E-state index in [9.17, 15) is 9.59 Å². The summed E-state index contributed by atoms with van der Waals surface area (Å²) >= 11 is 0. The van der Waals surface area contributed by atoms with Crippen molar-refractivity contribution in [2.24, 2.45) is 0 Å². The van der Waals surface area contributed by atoms with Gasteiger partial charge in [0.15, 0.2) is 0 Å². The Hall–Kier alpha value is -2.70. The Kier molecular flexibility index (Phi) is 8.41. The maximum Gasteiger partial charge on any atom is 0.239 e. The Morgan fingerprint density at radius 1 is 1.13 bits per heavy atom. The van der Waals surface area contributed by atoms with Gasteiger partial charge >= 0.3 is 0 Å². The highest BCUT2D eigenvalue weighted by atomic mass is 16.5. The molecule has 0 atom stereocenters. The predicted octanol–water partition coefficient (Wildman–Crippen LogP) is 2.67. The molecule has 0 aliphatic carbocycles. The van der Waals surface area contributed by atoms with E-state index < -0.39 is 0 Å². The van der Waals surface area contributed by atoms with Crippen LogP contribution in [0.5, 0.6) is 0 Å². The second-order valence-corrected chi connectivity index (χ2v) is 7.60. The van der Waals surface area contributed by atoms with Crippen LogP contribution in [0, 0.1) is 0 Å². The summed E-state index contributed by atoms with van der Waals surface area (Å²) in [6.07, 6.45) is 1.61. The zero-order valence-electron chi connectivity index (χ0n) is 17.7. The van der Waals surface area contributed by atoms with Gasteiger partial charge in [-0.25, -0.2) is 0 Å². The molecule has 0 saturated carbocycles. The van der Waals surface area contributed by atoms with E-state index in [-0.39, 0.29) is 12.5 Å². The maximum atomic E-state index is 11.9. The first-order valence-corrected chi connectivity index (χ1v) is 10.6. The highest BCUT2D eigenvalue weighted by molar-refractivity contribution is 5.79. The van der Waals surface area contributed by atoms with Crippen LogP contribution in [0.25, 0.3) is 11.1 Å². The number of ether oxygens (including phenoxy) is 1. The molecule has 0 bridgehead atoms. The van der Waals surface area contributed by atoms with E-state index in [0.717, 1.165) is 56.8 Å². The molecule has 1 fully saturated rings. The Balaban J connectivity index is 1.65. The number of hydrogen-bond donors (Lipinski definition) is 1. The third-order valence-corrected chi connectivity index (χ3v) is 5.23. The van der Waals surface area contributed by atoms with Crippen molar-refractivity contribution in [3.63, 3.8) is 0 Å². The zero-order valence-corrected chi connectivity index (χ0v) is 17.7. The predicted molar refractivity (Wildman–Crippen MR) is 118 cm³/mol. The lowest BCUT2D eigenvalue weighted by Crippen LogP contribution is -2.36. The minimum atomic E-state index is -0.127. The van der Waals surface area contributed by atoms with E-state index >= 15 is 0 Å². The molecule has 6 heteroatoms. The van der Waals surface area contributed by atoms with Gasteiger partial charge in [0.05, 0.1) is 19.8 Å². The number of hydrogen-bond acceptors (Lipinski definition) is 4. The molecule has 1 aliphatic rings. The van der Waals surface area contributed by atoms with Gasteiger partial charge in [0.2, 0.25) is 12.3 Å². The van der Waals surface area contributed by atoms with Crippen LogP contribution in [0.4, 0.5) is 0 Å². The highest BCUT2D eigenvalue weighted by Crippen LogP contribution is 2.25. The van der Waals surface area contributed by atoms with Crippen LogP contribution in [0.1, 0.15) is 24.5 Å². The number of nitrogens with zero attached hydrogens (tertiary/aromatic N) is 2. The minimum absolute atomic E-state index is 0.0770. The number of carbonyl (C=O) groups excluding carboxylic acids is 2. The van der Waals surface area contributed by atoms with Crippen molar-refractivity contribution in [1.82, 2.24) is 15.1 Å². The molecule has 160 valence electrons. The van der Waals surface area contributed by atoms with Crippen LogP contribution >= 0.6 is 0 Å². The first-order chi connectivity index (χ1) is 14.7. The first-order valence-electron chi connectivity index (χ1n) is 10.6. The van der Waals surface area contributed by atoms with E-state index in [2.05, 4.69) is 46.6 Å². The number of benzene rings is 2. The van der Waals surface area contributed by atoms with Crippen LogP contribution in [-0.2, 0) is 27.4 Å². The van der Waals surface area contributed by atoms with Crippen LogP contribution < -0.4 is 5.32 Å². The second-order valence-electron chi connectivity index (χ2n) is 7.60. The standard InChI is InChI=1S/C24H31N3O3/c1-2-11-25-24(29)18-27(19-28)16-20-7-9-21(10-8-20)23-6-4-3-5-22(23)17-26-12-14-30-15-13-26/h3-10,19H,2,11-18H2,1H3,(H,25,29). The van der Waals surface area contributed by atoms with Gasteiger partial charge in [-0.15, -0.1) is 0 Å². The fraction of sp³-hybridized carbons (Fsp3) is 0.417. The molecule has 2 aromatic rings. The van der Waals surface area contributed by atoms with E-state index in [1.165, 1.54) is 16.0 Å². The molecule has 6 nitrogen and oxygen atoms in total. The van der Waals surface area contributed by atoms with Gasteiger partial charge in [-0.1, -0.05) is 55.5 Å². The van der Waals surface area contributed by atoms with Crippen molar-refractivity contribution in [3.8, 4) is 11.1 Å². The van der Waals surface area contributed by atoms with Gasteiger partial charge in [-0.2, -0.15) is 0 Å². The average molecular weight is 410 g/mol. The fourth-order valence-corrected chi connectivity index (χ4v) is 3.60. The third-order valence-electron chi connectivity index (χ3n) is 5.23. The van der Waals surface area contributed by atoms with Crippen molar-refractivity contribution in [2.75, 3.05) is 39.4 Å². The fourth-order valence-electron chi connectivity index (χ4n) is 3.60. The first kappa shape index (κ1) is 22.0. The van der Waals surface area contributed by atoms with Crippen LogP contribution in [0.3, 0.4) is 0 Å². The summed E-state index contributed by atoms with van der Waals surface area (Å²) in [7, 11) is 0. The largest absolute Gasteiger partial charge is 0.379 e. The lowest BCUT2D eigenvalue weighted by atomic mass is 9.98. The van der Waals surface area contributed by atoms with E-state index in [1.807, 2.05) is 19.1 Å². The zero-order chi connectivity index (χ0) is 21.2. The van der Waals surface area contributed by atoms with Crippen molar-refractivity contribution < 1.29 is 14.3 Å². The average Bonchev–Trinajstić information content (AvgIpc) is 2.79. The van der Waals surface area contributed by atoms with Crippen molar-refractivity contribution >= 4 is 12.3 Å². The van der Waals surface area contributed by atoms with Gasteiger partial charge < -0.3 is 15.0 Å². The minimum Gasteiger partial charge on any atom is -0.379 e. The molecule has 1 N–H and O–H groups in total. The summed E-state index contributed by atoms with van der Waals surface area (Å²) in [5.41, 5.74) is 4.68. The molecule has 0 spiro atoms. The van der Waals surface area contributed by atoms with Crippen molar-refractivity contribution in [1.29, 1.82) is 0 Å². The Bertz CT molecular complexity index is 817. The summed E-state index contributed by atoms with van der Waals surface area (Å²) in [5.74, 6) is -0.127. The van der Waals surface area contributed by atoms with Crippen LogP contribution in [0.2, 0.25) is 0 Å². The smallest absolute Gasteiger partial charge is 0.239 e. The SMILES string of the molecule is CCCNC(=O)CN(C=O)Cc1ccc(-c2ccccc2CN2CCOCC2)cc1. The number of rotatable bonds is 10. The molecule has 0 radical (unpaired) electrons. The Morgan fingerprint density at radius 2 is 1.87 bits per heavy atom. The number of amides is 2. The highest BCUT2D eigenvalue weighted by Gasteiger charge is 2.14. The summed E-state index contributed by atoms with van der Waals surface area (Å²) in [4.78, 5) is 27.2. The monoisotopic (exact) mass is 409 g/mol. The number of morpholine rings is 1. The third kappa shape index (κ3) is 6.40. The summed E-state index contributed by atoms with van der Waals surface area (Å²) in [6.45, 7) is 7.53. The van der Waals surface area contributed by atoms with Gasteiger partial charge in [0.25, 0.3) is 0 Å². The maximum absolute atomic E-state index is 11.9. The van der Waals surface area contributed by atoms with E-state index in [1.54, 1.807) is 0 Å². The molecule has 2 aromatic carbocycles. The Morgan fingerprint density at radius 3 is 2.57 bits per heavy atom. The Labute approximate surface area is 178 Å². The van der Waals surface area contributed by atoms with Gasteiger partial charge in [-0.05, 0) is 28.7 Å². The molecular formula is C24H31N3O3. The molecular weight excluding hydrogens is 378 g/mol. The summed E-state index contributed by atoms with van der Waals surface area (Å²) < 4.78 is 5.45. The topological polar surface area (TPSA) is 61.9 Å². The van der Waals surface area contributed by atoms with Crippen molar-refractivity contribution in [2.45, 2.75) is 26.4 Å². The lowest BCUT2D eigenvalue weighted by molar-refractivity contribution is -0.128. The molecule has 3 rings (SSSR count). The molecule has 1 saturated heterocycles. The molecule has 0 unspecified atom stereocenters. The normalized spacial score (nSPS) is 14.3. The van der Waals surface area contributed by atoms with Gasteiger partial charge in [-0.3, -0.25) is 14.5 Å². The van der Waals surface area contributed by atoms with Crippen molar-refractivity contribution in [3.05, 3.63) is 59.7 Å². The molecule has 1 heterocycles. The summed E-state index contributed by atoms with van der Waals surface area (Å²) in [5, 5.41) is 2.80. The molecule has 0 aromatic heterocycles. The van der Waals surface area contributed by atoms with Crippen LogP contribution in [-0.4, -0.2) is 61.5 Å². The van der Waals surface area contributed by atoms with E-state index in [0.29, 0.717) is 13.1 Å². The van der Waals surface area contributed by atoms with E-state index in [4.69, 9.17) is 4.74 Å².